The molecule has 6 nitrogen and oxygen atoms in total. The van der Waals surface area contributed by atoms with Crippen LogP contribution in [0.15, 0.2) is 24.0 Å². The Balaban J connectivity index is 0.00000242. The van der Waals surface area contributed by atoms with E-state index >= 15 is 0 Å². The number of carbonyl (C=O) groups excluding carboxylic acids is 1. The van der Waals surface area contributed by atoms with Crippen molar-refractivity contribution >= 4 is 42.1 Å². The first-order valence-corrected chi connectivity index (χ1v) is 7.58. The smallest absolute Gasteiger partial charge is 0.271 e. The molecule has 0 aliphatic rings. The van der Waals surface area contributed by atoms with E-state index in [4.69, 9.17) is 5.73 Å². The summed E-state index contributed by atoms with van der Waals surface area (Å²) in [6.07, 6.45) is 4.82. The van der Waals surface area contributed by atoms with Gasteiger partial charge in [0.15, 0.2) is 0 Å². The van der Waals surface area contributed by atoms with Gasteiger partial charge < -0.3 is 11.1 Å². The molecule has 9 heteroatoms. The average molecular weight is 378 g/mol. The summed E-state index contributed by atoms with van der Waals surface area (Å²) in [4.78, 5) is 24.8. The van der Waals surface area contributed by atoms with Crippen LogP contribution in [0.4, 0.5) is 0 Å². The van der Waals surface area contributed by atoms with Crippen LogP contribution in [0, 0.1) is 5.92 Å². The number of nitrogens with one attached hydrogen (secondary N) is 1. The van der Waals surface area contributed by atoms with Gasteiger partial charge in [-0.25, -0.2) is 4.98 Å². The van der Waals surface area contributed by atoms with Crippen LogP contribution in [0.25, 0.3) is 10.7 Å². The molecule has 0 fully saturated rings. The summed E-state index contributed by atoms with van der Waals surface area (Å²) >= 11 is 1.37. The Labute approximate surface area is 152 Å². The van der Waals surface area contributed by atoms with E-state index < -0.39 is 5.54 Å². The second kappa shape index (κ2) is 9.12. The molecule has 1 atom stereocenters. The average Bonchev–Trinajstić information content (AvgIpc) is 2.97. The minimum absolute atomic E-state index is 0. The van der Waals surface area contributed by atoms with Gasteiger partial charge in [0.1, 0.15) is 16.4 Å². The maximum atomic E-state index is 12.3. The van der Waals surface area contributed by atoms with Crippen LogP contribution in [0.1, 0.15) is 31.3 Å². The van der Waals surface area contributed by atoms with Crippen molar-refractivity contribution in [1.29, 1.82) is 0 Å². The Bertz CT molecular complexity index is 623. The summed E-state index contributed by atoms with van der Waals surface area (Å²) in [5, 5.41) is 5.36. The standard InChI is InChI=1S/C14H19N5OS.2ClH/c1-9(2)14(3,8-15)19-12(20)11-7-21-13(18-11)10-6-16-4-5-17-10;;/h4-7,9H,8,15H2,1-3H3,(H,19,20);2*1H. The minimum atomic E-state index is -0.451. The quantitative estimate of drug-likeness (QED) is 0.834. The van der Waals surface area contributed by atoms with E-state index in [1.165, 1.54) is 11.3 Å². The summed E-state index contributed by atoms with van der Waals surface area (Å²) < 4.78 is 0. The van der Waals surface area contributed by atoms with Gasteiger partial charge in [0.25, 0.3) is 5.91 Å². The molecule has 2 heterocycles. The van der Waals surface area contributed by atoms with Crippen molar-refractivity contribution in [3.8, 4) is 10.7 Å². The maximum absolute atomic E-state index is 12.3. The highest BCUT2D eigenvalue weighted by molar-refractivity contribution is 7.13. The van der Waals surface area contributed by atoms with Crippen molar-refractivity contribution in [2.24, 2.45) is 11.7 Å². The summed E-state index contributed by atoms with van der Waals surface area (Å²) in [6.45, 7) is 6.36. The first-order chi connectivity index (χ1) is 9.96. The van der Waals surface area contributed by atoms with Crippen molar-refractivity contribution in [3.05, 3.63) is 29.7 Å². The molecule has 0 bridgehead atoms. The minimum Gasteiger partial charge on any atom is -0.344 e. The van der Waals surface area contributed by atoms with Crippen LogP contribution in [-0.2, 0) is 0 Å². The molecule has 0 aromatic carbocycles. The number of aromatic nitrogens is 3. The van der Waals surface area contributed by atoms with E-state index in [0.717, 1.165) is 0 Å². The molecule has 0 aliphatic heterocycles. The fraction of sp³-hybridized carbons (Fsp3) is 0.429. The van der Waals surface area contributed by atoms with Gasteiger partial charge in [-0.05, 0) is 12.8 Å². The highest BCUT2D eigenvalue weighted by Crippen LogP contribution is 2.22. The van der Waals surface area contributed by atoms with E-state index in [-0.39, 0.29) is 36.6 Å². The highest BCUT2D eigenvalue weighted by atomic mass is 35.5. The fourth-order valence-electron chi connectivity index (χ4n) is 1.66. The molecule has 0 saturated carbocycles. The predicted octanol–water partition coefficient (Wildman–Crippen LogP) is 2.55. The number of hydrogen-bond acceptors (Lipinski definition) is 6. The molecule has 1 amide bonds. The van der Waals surface area contributed by atoms with Crippen LogP contribution in [-0.4, -0.2) is 32.9 Å². The van der Waals surface area contributed by atoms with Gasteiger partial charge in [-0.2, -0.15) is 0 Å². The number of halogens is 2. The lowest BCUT2D eigenvalue weighted by Gasteiger charge is -2.33. The van der Waals surface area contributed by atoms with Crippen molar-refractivity contribution in [2.75, 3.05) is 6.54 Å². The lowest BCUT2D eigenvalue weighted by Crippen LogP contribution is -2.55. The zero-order valence-corrected chi connectivity index (χ0v) is 15.6. The predicted molar refractivity (Wildman–Crippen MR) is 97.4 cm³/mol. The summed E-state index contributed by atoms with van der Waals surface area (Å²) in [6, 6.07) is 0. The van der Waals surface area contributed by atoms with Crippen molar-refractivity contribution in [1.82, 2.24) is 20.3 Å². The highest BCUT2D eigenvalue weighted by Gasteiger charge is 2.29. The Morgan fingerprint density at radius 1 is 1.39 bits per heavy atom. The molecule has 0 aliphatic carbocycles. The van der Waals surface area contributed by atoms with E-state index in [1.807, 2.05) is 20.8 Å². The largest absolute Gasteiger partial charge is 0.344 e. The topological polar surface area (TPSA) is 93.8 Å². The monoisotopic (exact) mass is 377 g/mol. The van der Waals surface area contributed by atoms with E-state index in [2.05, 4.69) is 20.3 Å². The number of hydrogen-bond donors (Lipinski definition) is 2. The molecule has 0 radical (unpaired) electrons. The number of nitrogens with zero attached hydrogens (tertiary/aromatic N) is 3. The molecule has 2 rings (SSSR count). The molecular formula is C14H21Cl2N5OS. The molecule has 2 aromatic heterocycles. The molecule has 2 aromatic rings. The second-order valence-electron chi connectivity index (χ2n) is 5.36. The number of nitrogens with two attached hydrogens (primary N) is 1. The Kier molecular flexibility index (Phi) is 8.61. The molecular weight excluding hydrogens is 357 g/mol. The van der Waals surface area contributed by atoms with Gasteiger partial charge in [-0.3, -0.25) is 14.8 Å². The van der Waals surface area contributed by atoms with Gasteiger partial charge in [0.05, 0.1) is 11.7 Å². The van der Waals surface area contributed by atoms with E-state index in [0.29, 0.717) is 22.9 Å². The summed E-state index contributed by atoms with van der Waals surface area (Å²) in [5.74, 6) is 0.00702. The second-order valence-corrected chi connectivity index (χ2v) is 6.22. The molecule has 3 N–H and O–H groups in total. The zero-order chi connectivity index (χ0) is 15.5. The number of carbonyl (C=O) groups is 1. The summed E-state index contributed by atoms with van der Waals surface area (Å²) in [5.41, 5.74) is 6.36. The van der Waals surface area contributed by atoms with Crippen molar-refractivity contribution in [2.45, 2.75) is 26.3 Å². The molecule has 0 saturated heterocycles. The zero-order valence-electron chi connectivity index (χ0n) is 13.1. The first-order valence-electron chi connectivity index (χ1n) is 6.71. The molecule has 0 spiro atoms. The van der Waals surface area contributed by atoms with E-state index in [9.17, 15) is 4.79 Å². The van der Waals surface area contributed by atoms with Crippen LogP contribution in [0.2, 0.25) is 0 Å². The SMILES string of the molecule is CC(C)C(C)(CN)NC(=O)c1csc(-c2cnccn2)n1.Cl.Cl. The van der Waals surface area contributed by atoms with E-state index in [1.54, 1.807) is 24.0 Å². The fourth-order valence-corrected chi connectivity index (χ4v) is 2.42. The van der Waals surface area contributed by atoms with Gasteiger partial charge in [0, 0.05) is 24.3 Å². The lowest BCUT2D eigenvalue weighted by molar-refractivity contribution is 0.0879. The molecule has 23 heavy (non-hydrogen) atoms. The lowest BCUT2D eigenvalue weighted by atomic mass is 9.88. The number of rotatable bonds is 5. The first kappa shape index (κ1) is 21.7. The third-order valence-corrected chi connectivity index (χ3v) is 4.48. The third-order valence-electron chi connectivity index (χ3n) is 3.62. The normalized spacial score (nSPS) is 12.7. The van der Waals surface area contributed by atoms with Crippen LogP contribution >= 0.6 is 36.2 Å². The summed E-state index contributed by atoms with van der Waals surface area (Å²) in [7, 11) is 0. The maximum Gasteiger partial charge on any atom is 0.271 e. The van der Waals surface area contributed by atoms with Gasteiger partial charge in [0.2, 0.25) is 0 Å². The Morgan fingerprint density at radius 3 is 2.61 bits per heavy atom. The van der Waals surface area contributed by atoms with Gasteiger partial charge in [-0.1, -0.05) is 13.8 Å². The van der Waals surface area contributed by atoms with Crippen molar-refractivity contribution in [3.63, 3.8) is 0 Å². The van der Waals surface area contributed by atoms with Crippen LogP contribution in [0.3, 0.4) is 0 Å². The Morgan fingerprint density at radius 2 is 2.09 bits per heavy atom. The number of thiazole rings is 1. The Hall–Kier alpha value is -1.28. The number of amides is 1. The third kappa shape index (κ3) is 5.10. The molecule has 128 valence electrons. The van der Waals surface area contributed by atoms with Gasteiger partial charge >= 0.3 is 0 Å². The molecule has 1 unspecified atom stereocenters. The van der Waals surface area contributed by atoms with Gasteiger partial charge in [-0.15, -0.1) is 36.2 Å². The van der Waals surface area contributed by atoms with Crippen molar-refractivity contribution < 1.29 is 4.79 Å². The van der Waals surface area contributed by atoms with Crippen LogP contribution in [0.5, 0.6) is 0 Å². The van der Waals surface area contributed by atoms with Crippen LogP contribution < -0.4 is 11.1 Å².